The van der Waals surface area contributed by atoms with E-state index < -0.39 is 6.10 Å². The smallest absolute Gasteiger partial charge is 0.124 e. The zero-order valence-electron chi connectivity index (χ0n) is 11.5. The minimum Gasteiger partial charge on any atom is -0.496 e. The first-order valence-corrected chi connectivity index (χ1v) is 7.28. The molecule has 19 heavy (non-hydrogen) atoms. The van der Waals surface area contributed by atoms with Crippen molar-refractivity contribution in [2.45, 2.75) is 26.9 Å². The summed E-state index contributed by atoms with van der Waals surface area (Å²) >= 11 is 7.70. The molecule has 0 bridgehead atoms. The molecule has 1 aromatic heterocycles. The van der Waals surface area contributed by atoms with Crippen LogP contribution < -0.4 is 4.74 Å². The van der Waals surface area contributed by atoms with Crippen LogP contribution in [0.3, 0.4) is 0 Å². The number of thiophene rings is 1. The zero-order chi connectivity index (χ0) is 14.2. The molecule has 1 N–H and O–H groups in total. The van der Waals surface area contributed by atoms with Crippen LogP contribution in [0.1, 0.15) is 33.2 Å². The SMILES string of the molecule is COc1c(C)cc(C(O)c2scc(C)c2Cl)cc1C. The van der Waals surface area contributed by atoms with E-state index in [1.807, 2.05) is 38.3 Å². The third kappa shape index (κ3) is 2.64. The molecule has 4 heteroatoms. The molecule has 2 aromatic rings. The van der Waals surface area contributed by atoms with Crippen molar-refractivity contribution in [1.29, 1.82) is 0 Å². The molecule has 0 aliphatic carbocycles. The van der Waals surface area contributed by atoms with Crippen LogP contribution in [0.25, 0.3) is 0 Å². The van der Waals surface area contributed by atoms with Gasteiger partial charge in [-0.25, -0.2) is 0 Å². The van der Waals surface area contributed by atoms with Crippen molar-refractivity contribution in [1.82, 2.24) is 0 Å². The Morgan fingerprint density at radius 3 is 2.16 bits per heavy atom. The number of aliphatic hydroxyl groups excluding tert-OH is 1. The fourth-order valence-electron chi connectivity index (χ4n) is 2.25. The second-order valence-corrected chi connectivity index (χ2v) is 5.98. The highest BCUT2D eigenvalue weighted by Crippen LogP contribution is 2.37. The van der Waals surface area contributed by atoms with Gasteiger partial charge in [0.15, 0.2) is 0 Å². The summed E-state index contributed by atoms with van der Waals surface area (Å²) in [6.07, 6.45) is -0.686. The van der Waals surface area contributed by atoms with Crippen LogP contribution in [0.15, 0.2) is 17.5 Å². The molecule has 0 spiro atoms. The second-order valence-electron chi connectivity index (χ2n) is 4.69. The Kier molecular flexibility index (Phi) is 4.19. The summed E-state index contributed by atoms with van der Waals surface area (Å²) < 4.78 is 5.34. The number of hydrogen-bond donors (Lipinski definition) is 1. The molecule has 102 valence electrons. The maximum atomic E-state index is 10.5. The predicted octanol–water partition coefficient (Wildman–Crippen LogP) is 4.42. The molecule has 2 rings (SSSR count). The average molecular weight is 297 g/mol. The molecule has 0 aliphatic heterocycles. The minimum atomic E-state index is -0.686. The van der Waals surface area contributed by atoms with E-state index in [9.17, 15) is 5.11 Å². The van der Waals surface area contributed by atoms with Crippen molar-refractivity contribution in [2.75, 3.05) is 7.11 Å². The standard InChI is InChI=1S/C15H17ClO2S/c1-8-5-11(6-9(2)14(8)18-4)13(17)15-12(16)10(3)7-19-15/h5-7,13,17H,1-4H3. The van der Waals surface area contributed by atoms with Crippen molar-refractivity contribution in [3.8, 4) is 5.75 Å². The summed E-state index contributed by atoms with van der Waals surface area (Å²) in [6, 6.07) is 3.89. The number of rotatable bonds is 3. The number of hydrogen-bond acceptors (Lipinski definition) is 3. The molecule has 0 aliphatic rings. The van der Waals surface area contributed by atoms with Crippen LogP contribution in [0.2, 0.25) is 5.02 Å². The van der Waals surface area contributed by atoms with E-state index >= 15 is 0 Å². The van der Waals surface area contributed by atoms with E-state index in [1.165, 1.54) is 11.3 Å². The largest absolute Gasteiger partial charge is 0.496 e. The van der Waals surface area contributed by atoms with Crippen LogP contribution in [0.5, 0.6) is 5.75 Å². The summed E-state index contributed by atoms with van der Waals surface area (Å²) in [6.45, 7) is 5.90. The first kappa shape index (κ1) is 14.4. The lowest BCUT2D eigenvalue weighted by Crippen LogP contribution is -2.01. The quantitative estimate of drug-likeness (QED) is 0.908. The van der Waals surface area contributed by atoms with E-state index in [4.69, 9.17) is 16.3 Å². The molecule has 0 saturated heterocycles. The molecule has 1 atom stereocenters. The maximum Gasteiger partial charge on any atom is 0.124 e. The molecule has 0 amide bonds. The Labute approximate surface area is 122 Å². The fourth-order valence-corrected chi connectivity index (χ4v) is 3.56. The number of methoxy groups -OCH3 is 1. The highest BCUT2D eigenvalue weighted by molar-refractivity contribution is 7.10. The van der Waals surface area contributed by atoms with Gasteiger partial charge in [-0.1, -0.05) is 11.6 Å². The topological polar surface area (TPSA) is 29.5 Å². The van der Waals surface area contributed by atoms with Crippen LogP contribution in [-0.2, 0) is 0 Å². The Bertz CT molecular complexity index is 581. The Balaban J connectivity index is 2.45. The van der Waals surface area contributed by atoms with Gasteiger partial charge in [0.2, 0.25) is 0 Å². The van der Waals surface area contributed by atoms with Gasteiger partial charge in [-0.15, -0.1) is 11.3 Å². The van der Waals surface area contributed by atoms with E-state index in [-0.39, 0.29) is 0 Å². The van der Waals surface area contributed by atoms with E-state index in [2.05, 4.69) is 0 Å². The number of benzene rings is 1. The van der Waals surface area contributed by atoms with Crippen molar-refractivity contribution in [2.24, 2.45) is 0 Å². The molecule has 1 heterocycles. The van der Waals surface area contributed by atoms with Gasteiger partial charge < -0.3 is 9.84 Å². The highest BCUT2D eigenvalue weighted by atomic mass is 35.5. The molecule has 2 nitrogen and oxygen atoms in total. The Morgan fingerprint density at radius 2 is 1.74 bits per heavy atom. The molecule has 1 unspecified atom stereocenters. The molecule has 0 radical (unpaired) electrons. The minimum absolute atomic E-state index is 0.656. The van der Waals surface area contributed by atoms with Crippen molar-refractivity contribution in [3.63, 3.8) is 0 Å². The fraction of sp³-hybridized carbons (Fsp3) is 0.333. The van der Waals surface area contributed by atoms with E-state index in [0.717, 1.165) is 32.9 Å². The molecule has 0 fully saturated rings. The third-order valence-corrected chi connectivity index (χ3v) is 4.94. The average Bonchev–Trinajstić information content (AvgIpc) is 2.69. The first-order valence-electron chi connectivity index (χ1n) is 6.02. The van der Waals surface area contributed by atoms with Crippen LogP contribution in [0.4, 0.5) is 0 Å². The lowest BCUT2D eigenvalue weighted by atomic mass is 10.0. The van der Waals surface area contributed by atoms with Crippen LogP contribution >= 0.6 is 22.9 Å². The van der Waals surface area contributed by atoms with Crippen molar-refractivity contribution >= 4 is 22.9 Å². The van der Waals surface area contributed by atoms with Gasteiger partial charge in [0.25, 0.3) is 0 Å². The molecule has 1 aromatic carbocycles. The first-order chi connectivity index (χ1) is 8.95. The normalized spacial score (nSPS) is 12.5. The summed E-state index contributed by atoms with van der Waals surface area (Å²) in [4.78, 5) is 0.795. The number of aliphatic hydroxyl groups is 1. The van der Waals surface area contributed by atoms with E-state index in [0.29, 0.717) is 5.02 Å². The summed E-state index contributed by atoms with van der Waals surface area (Å²) in [5.74, 6) is 0.865. The van der Waals surface area contributed by atoms with E-state index in [1.54, 1.807) is 7.11 Å². The van der Waals surface area contributed by atoms with Gasteiger partial charge in [-0.2, -0.15) is 0 Å². The van der Waals surface area contributed by atoms with Crippen molar-refractivity contribution < 1.29 is 9.84 Å². The van der Waals surface area contributed by atoms with Gasteiger partial charge >= 0.3 is 0 Å². The third-order valence-electron chi connectivity index (χ3n) is 3.18. The molecule has 0 saturated carbocycles. The Hall–Kier alpha value is -1.03. The van der Waals surface area contributed by atoms with Crippen LogP contribution in [-0.4, -0.2) is 12.2 Å². The molecular weight excluding hydrogens is 280 g/mol. The lowest BCUT2D eigenvalue weighted by Gasteiger charge is -2.15. The van der Waals surface area contributed by atoms with Gasteiger partial charge in [0.05, 0.1) is 17.0 Å². The predicted molar refractivity (Wildman–Crippen MR) is 80.6 cm³/mol. The summed E-state index contributed by atoms with van der Waals surface area (Å²) in [5, 5.41) is 13.1. The van der Waals surface area contributed by atoms with Crippen LogP contribution in [0, 0.1) is 20.8 Å². The number of aryl methyl sites for hydroxylation is 3. The maximum absolute atomic E-state index is 10.5. The summed E-state index contributed by atoms with van der Waals surface area (Å²) in [5.41, 5.74) is 3.88. The van der Waals surface area contributed by atoms with Gasteiger partial charge in [-0.05, 0) is 60.5 Å². The Morgan fingerprint density at radius 1 is 1.16 bits per heavy atom. The number of ether oxygens (including phenoxy) is 1. The van der Waals surface area contributed by atoms with Gasteiger partial charge in [0.1, 0.15) is 11.9 Å². The van der Waals surface area contributed by atoms with Gasteiger partial charge in [0, 0.05) is 0 Å². The molecular formula is C15H17ClO2S. The van der Waals surface area contributed by atoms with Crippen molar-refractivity contribution in [3.05, 3.63) is 49.7 Å². The monoisotopic (exact) mass is 296 g/mol. The highest BCUT2D eigenvalue weighted by Gasteiger charge is 2.19. The number of halogens is 1. The zero-order valence-corrected chi connectivity index (χ0v) is 13.0. The second kappa shape index (κ2) is 5.53. The lowest BCUT2D eigenvalue weighted by molar-refractivity contribution is 0.224. The van der Waals surface area contributed by atoms with Gasteiger partial charge in [-0.3, -0.25) is 0 Å². The summed E-state index contributed by atoms with van der Waals surface area (Å²) in [7, 11) is 1.66.